The number of alkyl halides is 2. The zero-order chi connectivity index (χ0) is 13.2. The van der Waals surface area contributed by atoms with Gasteiger partial charge < -0.3 is 0 Å². The highest BCUT2D eigenvalue weighted by Gasteiger charge is 2.31. The van der Waals surface area contributed by atoms with Gasteiger partial charge in [0.1, 0.15) is 0 Å². The topological polar surface area (TPSA) is 24.7 Å². The lowest BCUT2D eigenvalue weighted by molar-refractivity contribution is 0.854. The summed E-state index contributed by atoms with van der Waals surface area (Å²) in [6, 6.07) is 7.03. The normalized spacial score (nSPS) is 18.7. The third-order valence-corrected chi connectivity index (χ3v) is 3.86. The minimum absolute atomic E-state index is 0.322. The summed E-state index contributed by atoms with van der Waals surface area (Å²) in [6.07, 6.45) is 3.69. The first kappa shape index (κ1) is 13.9. The van der Waals surface area contributed by atoms with Crippen molar-refractivity contribution in [3.8, 4) is 0 Å². The van der Waals surface area contributed by atoms with Gasteiger partial charge in [-0.1, -0.05) is 46.4 Å². The summed E-state index contributed by atoms with van der Waals surface area (Å²) in [5.41, 5.74) is 1.37. The first-order chi connectivity index (χ1) is 8.47. The molecule has 0 spiro atoms. The van der Waals surface area contributed by atoms with Gasteiger partial charge in [0.2, 0.25) is 0 Å². The van der Waals surface area contributed by atoms with Crippen LogP contribution in [0.2, 0.25) is 5.02 Å². The Kier molecular flexibility index (Phi) is 4.33. The number of halogens is 4. The van der Waals surface area contributed by atoms with Crippen molar-refractivity contribution >= 4 is 52.1 Å². The molecule has 2 rings (SSSR count). The van der Waals surface area contributed by atoms with Gasteiger partial charge in [-0.25, -0.2) is 0 Å². The minimum atomic E-state index is -1.12. The Morgan fingerprint density at radius 3 is 2.22 bits per heavy atom. The first-order valence-electron chi connectivity index (χ1n) is 5.09. The molecular formula is C12H8Cl4N2. The highest BCUT2D eigenvalue weighted by Crippen LogP contribution is 2.41. The molecule has 0 radical (unpaired) electrons. The van der Waals surface area contributed by atoms with Crippen LogP contribution in [-0.2, 0) is 0 Å². The van der Waals surface area contributed by atoms with Crippen molar-refractivity contribution in [2.45, 2.75) is 10.8 Å². The monoisotopic (exact) mass is 320 g/mol. The quantitative estimate of drug-likeness (QED) is 0.471. The summed E-state index contributed by atoms with van der Waals surface area (Å²) in [4.78, 5) is 0. The molecule has 0 heterocycles. The van der Waals surface area contributed by atoms with Crippen LogP contribution < -0.4 is 0 Å². The maximum absolute atomic E-state index is 6.03. The molecule has 1 aliphatic carbocycles. The van der Waals surface area contributed by atoms with Crippen LogP contribution in [0.1, 0.15) is 6.42 Å². The minimum Gasteiger partial charge on any atom is -0.155 e. The first-order valence-corrected chi connectivity index (χ1v) is 6.60. The molecule has 0 fully saturated rings. The molecule has 0 aliphatic heterocycles. The predicted octanol–water partition coefficient (Wildman–Crippen LogP) is 6.01. The fraction of sp³-hybridized carbons (Fsp3) is 0.167. The van der Waals surface area contributed by atoms with E-state index in [2.05, 4.69) is 10.2 Å². The standard InChI is InChI=1S/C12H8Cl4N2/c13-8-1-3-9(4-2-8)17-18-10-5-6-11(14)12(15,16)7-10/h1-6H,7H2. The van der Waals surface area contributed by atoms with E-state index in [4.69, 9.17) is 46.4 Å². The Morgan fingerprint density at radius 2 is 1.61 bits per heavy atom. The summed E-state index contributed by atoms with van der Waals surface area (Å²) in [5.74, 6) is 0. The van der Waals surface area contributed by atoms with Gasteiger partial charge in [-0.3, -0.25) is 0 Å². The van der Waals surface area contributed by atoms with Crippen LogP contribution in [0.25, 0.3) is 0 Å². The fourth-order valence-electron chi connectivity index (χ4n) is 1.36. The van der Waals surface area contributed by atoms with Crippen LogP contribution in [0.15, 0.2) is 57.4 Å². The van der Waals surface area contributed by atoms with E-state index in [-0.39, 0.29) is 0 Å². The molecule has 0 amide bonds. The van der Waals surface area contributed by atoms with Crippen LogP contribution >= 0.6 is 46.4 Å². The van der Waals surface area contributed by atoms with Gasteiger partial charge in [-0.05, 0) is 36.4 Å². The third-order valence-electron chi connectivity index (χ3n) is 2.30. The van der Waals surface area contributed by atoms with E-state index >= 15 is 0 Å². The van der Waals surface area contributed by atoms with E-state index in [1.165, 1.54) is 0 Å². The molecule has 0 bridgehead atoms. The van der Waals surface area contributed by atoms with E-state index in [9.17, 15) is 0 Å². The van der Waals surface area contributed by atoms with Crippen LogP contribution in [0, 0.1) is 0 Å². The van der Waals surface area contributed by atoms with Gasteiger partial charge in [-0.15, -0.1) is 0 Å². The Morgan fingerprint density at radius 1 is 0.944 bits per heavy atom. The van der Waals surface area contributed by atoms with E-state index in [1.807, 2.05) is 0 Å². The van der Waals surface area contributed by atoms with Gasteiger partial charge >= 0.3 is 0 Å². The van der Waals surface area contributed by atoms with E-state index in [0.29, 0.717) is 27.9 Å². The summed E-state index contributed by atoms with van der Waals surface area (Å²) < 4.78 is -1.12. The smallest absolute Gasteiger partial charge is 0.155 e. The number of allylic oxidation sites excluding steroid dienone is 4. The number of hydrogen-bond donors (Lipinski definition) is 0. The van der Waals surface area contributed by atoms with Crippen LogP contribution in [0.3, 0.4) is 0 Å². The molecule has 6 heteroatoms. The summed E-state index contributed by atoms with van der Waals surface area (Å²) >= 11 is 23.7. The largest absolute Gasteiger partial charge is 0.159 e. The highest BCUT2D eigenvalue weighted by atomic mass is 35.5. The number of benzene rings is 1. The molecule has 0 atom stereocenters. The molecule has 0 unspecified atom stereocenters. The van der Waals surface area contributed by atoms with Gasteiger partial charge in [0.05, 0.1) is 16.4 Å². The van der Waals surface area contributed by atoms with E-state index < -0.39 is 4.33 Å². The molecule has 18 heavy (non-hydrogen) atoms. The molecule has 1 aromatic rings. The third kappa shape index (κ3) is 3.48. The average molecular weight is 322 g/mol. The van der Waals surface area contributed by atoms with Crippen molar-refractivity contribution in [1.29, 1.82) is 0 Å². The predicted molar refractivity (Wildman–Crippen MR) is 77.0 cm³/mol. The van der Waals surface area contributed by atoms with E-state index in [1.54, 1.807) is 36.4 Å². The SMILES string of the molecule is ClC1=CC=C(N=Nc2ccc(Cl)cc2)CC1(Cl)Cl. The van der Waals surface area contributed by atoms with Crippen molar-refractivity contribution in [2.75, 3.05) is 0 Å². The second kappa shape index (κ2) is 5.62. The van der Waals surface area contributed by atoms with Crippen LogP contribution in [0.4, 0.5) is 5.69 Å². The summed E-state index contributed by atoms with van der Waals surface area (Å²) in [5, 5.41) is 9.19. The maximum Gasteiger partial charge on any atom is 0.159 e. The van der Waals surface area contributed by atoms with Crippen molar-refractivity contribution in [2.24, 2.45) is 10.2 Å². The number of nitrogens with zero attached hydrogens (tertiary/aromatic N) is 2. The van der Waals surface area contributed by atoms with Crippen molar-refractivity contribution in [3.63, 3.8) is 0 Å². The molecular weight excluding hydrogens is 314 g/mol. The van der Waals surface area contributed by atoms with Gasteiger partial charge in [0, 0.05) is 11.4 Å². The van der Waals surface area contributed by atoms with Gasteiger partial charge in [0.25, 0.3) is 0 Å². The maximum atomic E-state index is 6.03. The van der Waals surface area contributed by atoms with Crippen molar-refractivity contribution in [3.05, 3.63) is 52.2 Å². The van der Waals surface area contributed by atoms with Crippen molar-refractivity contribution in [1.82, 2.24) is 0 Å². The Hall–Kier alpha value is -0.540. The molecule has 1 aliphatic rings. The van der Waals surface area contributed by atoms with Gasteiger partial charge in [-0.2, -0.15) is 10.2 Å². The summed E-state index contributed by atoms with van der Waals surface area (Å²) in [6.45, 7) is 0. The van der Waals surface area contributed by atoms with Gasteiger partial charge in [0.15, 0.2) is 4.33 Å². The Balaban J connectivity index is 2.13. The molecule has 1 aromatic carbocycles. The molecule has 0 saturated heterocycles. The Labute approximate surface area is 125 Å². The van der Waals surface area contributed by atoms with E-state index in [0.717, 1.165) is 0 Å². The fourth-order valence-corrected chi connectivity index (χ4v) is 2.02. The number of hydrogen-bond acceptors (Lipinski definition) is 2. The zero-order valence-corrected chi connectivity index (χ0v) is 12.1. The molecule has 0 N–H and O–H groups in total. The second-order valence-electron chi connectivity index (χ2n) is 3.73. The number of rotatable bonds is 2. The molecule has 2 nitrogen and oxygen atoms in total. The molecule has 94 valence electrons. The average Bonchev–Trinajstić information content (AvgIpc) is 2.32. The molecule has 0 aromatic heterocycles. The lowest BCUT2D eigenvalue weighted by Crippen LogP contribution is -2.16. The molecule has 0 saturated carbocycles. The second-order valence-corrected chi connectivity index (χ2v) is 6.06. The van der Waals surface area contributed by atoms with Crippen LogP contribution in [-0.4, -0.2) is 4.33 Å². The Bertz CT molecular complexity index is 530. The lowest BCUT2D eigenvalue weighted by atomic mass is 10.1. The van der Waals surface area contributed by atoms with Crippen LogP contribution in [0.5, 0.6) is 0 Å². The lowest BCUT2D eigenvalue weighted by Gasteiger charge is -2.21. The zero-order valence-electron chi connectivity index (χ0n) is 9.08. The highest BCUT2D eigenvalue weighted by molar-refractivity contribution is 6.56. The summed E-state index contributed by atoms with van der Waals surface area (Å²) in [7, 11) is 0. The van der Waals surface area contributed by atoms with Crippen molar-refractivity contribution < 1.29 is 0 Å². The number of azo groups is 1.